The van der Waals surface area contributed by atoms with Crippen molar-refractivity contribution in [1.29, 1.82) is 0 Å². The molecule has 0 atom stereocenters. The summed E-state index contributed by atoms with van der Waals surface area (Å²) in [6.07, 6.45) is 4.15. The number of hydrogen-bond donors (Lipinski definition) is 0. The van der Waals surface area contributed by atoms with Gasteiger partial charge < -0.3 is 0 Å². The number of nitrogens with zero attached hydrogens (tertiary/aromatic N) is 4. The average molecular weight is 301 g/mol. The Bertz CT molecular complexity index is 451. The van der Waals surface area contributed by atoms with E-state index < -0.39 is 0 Å². The highest BCUT2D eigenvalue weighted by atomic mass is 79.9. The SMILES string of the molecule is CCCc1nc(Cn2cc(CBr)nn2)cs1. The second-order valence-corrected chi connectivity index (χ2v) is 5.03. The maximum absolute atomic E-state index is 4.55. The van der Waals surface area contributed by atoms with E-state index in [0.717, 1.165) is 29.6 Å². The standard InChI is InChI=1S/C10H13BrN4S/c1-2-3-10-12-9(7-16-10)6-15-5-8(4-11)13-14-15/h5,7H,2-4,6H2,1H3. The molecule has 0 fully saturated rings. The lowest BCUT2D eigenvalue weighted by atomic mass is 10.3. The predicted octanol–water partition coefficient (Wildman–Crippen LogP) is 2.63. The summed E-state index contributed by atoms with van der Waals surface area (Å²) >= 11 is 5.08. The lowest BCUT2D eigenvalue weighted by Crippen LogP contribution is -2.01. The van der Waals surface area contributed by atoms with Gasteiger partial charge in [-0.1, -0.05) is 28.1 Å². The van der Waals surface area contributed by atoms with Crippen molar-refractivity contribution in [2.24, 2.45) is 0 Å². The zero-order chi connectivity index (χ0) is 11.4. The molecule has 2 heterocycles. The Labute approximate surface area is 107 Å². The Kier molecular flexibility index (Phi) is 4.06. The molecular weight excluding hydrogens is 288 g/mol. The van der Waals surface area contributed by atoms with Gasteiger partial charge in [0.05, 0.1) is 22.9 Å². The highest BCUT2D eigenvalue weighted by Gasteiger charge is 2.04. The van der Waals surface area contributed by atoms with Crippen molar-refractivity contribution in [3.8, 4) is 0 Å². The fraction of sp³-hybridized carbons (Fsp3) is 0.500. The zero-order valence-corrected chi connectivity index (χ0v) is 11.5. The predicted molar refractivity (Wildman–Crippen MR) is 67.9 cm³/mol. The van der Waals surface area contributed by atoms with Crippen LogP contribution in [0.15, 0.2) is 11.6 Å². The maximum Gasteiger partial charge on any atom is 0.0932 e. The smallest absolute Gasteiger partial charge is 0.0932 e. The van der Waals surface area contributed by atoms with Crippen LogP contribution in [-0.4, -0.2) is 20.0 Å². The molecule has 0 unspecified atom stereocenters. The molecule has 0 aromatic carbocycles. The molecule has 6 heteroatoms. The monoisotopic (exact) mass is 300 g/mol. The van der Waals surface area contributed by atoms with Crippen LogP contribution in [0.25, 0.3) is 0 Å². The van der Waals surface area contributed by atoms with Crippen LogP contribution < -0.4 is 0 Å². The van der Waals surface area contributed by atoms with E-state index in [1.807, 2.05) is 10.9 Å². The Morgan fingerprint density at radius 3 is 3.00 bits per heavy atom. The van der Waals surface area contributed by atoms with Crippen molar-refractivity contribution in [1.82, 2.24) is 20.0 Å². The van der Waals surface area contributed by atoms with Crippen molar-refractivity contribution >= 4 is 27.3 Å². The summed E-state index contributed by atoms with van der Waals surface area (Å²) in [7, 11) is 0. The minimum Gasteiger partial charge on any atom is -0.246 e. The van der Waals surface area contributed by atoms with Gasteiger partial charge in [0, 0.05) is 16.9 Å². The van der Waals surface area contributed by atoms with Gasteiger partial charge in [-0.15, -0.1) is 16.4 Å². The first-order chi connectivity index (χ1) is 7.81. The van der Waals surface area contributed by atoms with Gasteiger partial charge in [-0.3, -0.25) is 0 Å². The molecule has 4 nitrogen and oxygen atoms in total. The van der Waals surface area contributed by atoms with Gasteiger partial charge in [-0.2, -0.15) is 0 Å². The van der Waals surface area contributed by atoms with E-state index in [4.69, 9.17) is 0 Å². The molecule has 0 radical (unpaired) electrons. The topological polar surface area (TPSA) is 43.6 Å². The normalized spacial score (nSPS) is 10.9. The number of alkyl halides is 1. The van der Waals surface area contributed by atoms with Gasteiger partial charge in [-0.25, -0.2) is 9.67 Å². The van der Waals surface area contributed by atoms with Gasteiger partial charge in [-0.05, 0) is 12.8 Å². The van der Waals surface area contributed by atoms with E-state index in [1.165, 1.54) is 5.01 Å². The molecule has 2 aromatic rings. The second kappa shape index (κ2) is 5.54. The highest BCUT2D eigenvalue weighted by Crippen LogP contribution is 2.12. The summed E-state index contributed by atoms with van der Waals surface area (Å²) in [5, 5.41) is 12.1. The van der Waals surface area contributed by atoms with E-state index in [-0.39, 0.29) is 0 Å². The van der Waals surface area contributed by atoms with Gasteiger partial charge in [0.15, 0.2) is 0 Å². The largest absolute Gasteiger partial charge is 0.246 e. The van der Waals surface area contributed by atoms with Crippen molar-refractivity contribution in [2.75, 3.05) is 0 Å². The van der Waals surface area contributed by atoms with Crippen LogP contribution in [0, 0.1) is 0 Å². The molecule has 0 spiro atoms. The third-order valence-electron chi connectivity index (χ3n) is 2.11. The summed E-state index contributed by atoms with van der Waals surface area (Å²) in [6, 6.07) is 0. The summed E-state index contributed by atoms with van der Waals surface area (Å²) in [6.45, 7) is 2.88. The first-order valence-corrected chi connectivity index (χ1v) is 7.20. The van der Waals surface area contributed by atoms with Gasteiger partial charge >= 0.3 is 0 Å². The van der Waals surface area contributed by atoms with Crippen LogP contribution in [0.5, 0.6) is 0 Å². The Morgan fingerprint density at radius 2 is 2.31 bits per heavy atom. The molecule has 86 valence electrons. The number of aryl methyl sites for hydroxylation is 1. The first-order valence-electron chi connectivity index (χ1n) is 5.20. The lowest BCUT2D eigenvalue weighted by Gasteiger charge is -1.94. The Hall–Kier alpha value is -0.750. The van der Waals surface area contributed by atoms with Crippen LogP contribution in [0.1, 0.15) is 29.7 Å². The fourth-order valence-corrected chi connectivity index (χ4v) is 2.54. The summed E-state index contributed by atoms with van der Waals surface area (Å²) in [5.41, 5.74) is 2.02. The summed E-state index contributed by atoms with van der Waals surface area (Å²) < 4.78 is 1.82. The Morgan fingerprint density at radius 1 is 1.44 bits per heavy atom. The first kappa shape index (κ1) is 11.7. The van der Waals surface area contributed by atoms with Crippen LogP contribution >= 0.6 is 27.3 Å². The summed E-state index contributed by atoms with van der Waals surface area (Å²) in [5.74, 6) is 0. The minimum absolute atomic E-state index is 0.709. The molecule has 2 aromatic heterocycles. The molecule has 0 aliphatic heterocycles. The lowest BCUT2D eigenvalue weighted by molar-refractivity contribution is 0.639. The zero-order valence-electron chi connectivity index (χ0n) is 9.06. The minimum atomic E-state index is 0.709. The maximum atomic E-state index is 4.55. The number of hydrogen-bond acceptors (Lipinski definition) is 4. The van der Waals surface area contributed by atoms with Crippen molar-refractivity contribution in [2.45, 2.75) is 31.6 Å². The fourth-order valence-electron chi connectivity index (χ4n) is 1.39. The van der Waals surface area contributed by atoms with E-state index in [0.29, 0.717) is 6.54 Å². The average Bonchev–Trinajstić information content (AvgIpc) is 2.89. The number of rotatable bonds is 5. The van der Waals surface area contributed by atoms with Gasteiger partial charge in [0.25, 0.3) is 0 Å². The van der Waals surface area contributed by atoms with E-state index >= 15 is 0 Å². The number of halogens is 1. The third-order valence-corrected chi connectivity index (χ3v) is 3.64. The van der Waals surface area contributed by atoms with Crippen molar-refractivity contribution in [3.05, 3.63) is 28.0 Å². The molecule has 0 amide bonds. The van der Waals surface area contributed by atoms with Crippen LogP contribution in [0.2, 0.25) is 0 Å². The van der Waals surface area contributed by atoms with E-state index in [1.54, 1.807) is 11.3 Å². The molecule has 0 aliphatic carbocycles. The molecule has 16 heavy (non-hydrogen) atoms. The number of aromatic nitrogens is 4. The van der Waals surface area contributed by atoms with Crippen molar-refractivity contribution in [3.63, 3.8) is 0 Å². The molecule has 0 bridgehead atoms. The van der Waals surface area contributed by atoms with Crippen LogP contribution in [-0.2, 0) is 18.3 Å². The van der Waals surface area contributed by atoms with Crippen LogP contribution in [0.4, 0.5) is 0 Å². The van der Waals surface area contributed by atoms with E-state index in [9.17, 15) is 0 Å². The van der Waals surface area contributed by atoms with Gasteiger partial charge in [0.2, 0.25) is 0 Å². The second-order valence-electron chi connectivity index (χ2n) is 3.52. The Balaban J connectivity index is 2.02. The molecule has 0 saturated carbocycles. The number of thiazole rings is 1. The quantitative estimate of drug-likeness (QED) is 0.797. The van der Waals surface area contributed by atoms with E-state index in [2.05, 4.69) is 43.5 Å². The van der Waals surface area contributed by atoms with Gasteiger partial charge in [0.1, 0.15) is 0 Å². The molecule has 0 saturated heterocycles. The molecule has 2 rings (SSSR count). The molecule has 0 aliphatic rings. The molecule has 0 N–H and O–H groups in total. The third kappa shape index (κ3) is 2.89. The van der Waals surface area contributed by atoms with Crippen molar-refractivity contribution < 1.29 is 0 Å². The molecular formula is C10H13BrN4S. The highest BCUT2D eigenvalue weighted by molar-refractivity contribution is 9.08. The van der Waals surface area contributed by atoms with Crippen LogP contribution in [0.3, 0.4) is 0 Å². The summed E-state index contributed by atoms with van der Waals surface area (Å²) in [4.78, 5) is 4.55.